The van der Waals surface area contributed by atoms with Gasteiger partial charge in [-0.2, -0.15) is 11.8 Å². The number of nitrogen functional groups attached to an aromatic ring is 1. The summed E-state index contributed by atoms with van der Waals surface area (Å²) in [5, 5.41) is 8.32. The summed E-state index contributed by atoms with van der Waals surface area (Å²) in [6.07, 6.45) is 1.20. The van der Waals surface area contributed by atoms with Crippen LogP contribution in [0.4, 0.5) is 11.4 Å². The largest absolute Gasteiger partial charge is 0.399 e. The number of hydrogen-bond acceptors (Lipinski definition) is 5. The van der Waals surface area contributed by atoms with Gasteiger partial charge in [-0.1, -0.05) is 0 Å². The predicted molar refractivity (Wildman–Crippen MR) is 76.1 cm³/mol. The molecule has 0 bridgehead atoms. The van der Waals surface area contributed by atoms with Gasteiger partial charge in [-0.25, -0.2) is 13.6 Å². The normalized spacial score (nSPS) is 19.9. The Kier molecular flexibility index (Phi) is 4.04. The summed E-state index contributed by atoms with van der Waals surface area (Å²) in [6.45, 7) is 0.834. The standard InChI is InChI=1S/C11H17N3O2S2/c12-9-3-10(5-11(4-9)18(13,15)16)14-6-8-1-2-17-7-8/h3-5,8,14H,1-2,6-7,12H2,(H2,13,15,16). The van der Waals surface area contributed by atoms with Gasteiger partial charge >= 0.3 is 0 Å². The molecular formula is C11H17N3O2S2. The molecule has 0 aliphatic carbocycles. The Morgan fingerprint density at radius 3 is 2.78 bits per heavy atom. The Morgan fingerprint density at radius 1 is 1.39 bits per heavy atom. The van der Waals surface area contributed by atoms with E-state index in [2.05, 4.69) is 5.32 Å². The number of rotatable bonds is 4. The molecule has 0 aromatic heterocycles. The van der Waals surface area contributed by atoms with E-state index in [4.69, 9.17) is 10.9 Å². The van der Waals surface area contributed by atoms with Gasteiger partial charge in [0.25, 0.3) is 0 Å². The second kappa shape index (κ2) is 5.38. The molecule has 1 unspecified atom stereocenters. The van der Waals surface area contributed by atoms with E-state index < -0.39 is 10.0 Å². The third-order valence-electron chi connectivity index (χ3n) is 2.88. The fourth-order valence-electron chi connectivity index (χ4n) is 1.89. The molecule has 0 radical (unpaired) electrons. The smallest absolute Gasteiger partial charge is 0.238 e. The molecule has 100 valence electrons. The minimum Gasteiger partial charge on any atom is -0.399 e. The molecular weight excluding hydrogens is 270 g/mol. The van der Waals surface area contributed by atoms with Crippen molar-refractivity contribution in [3.05, 3.63) is 18.2 Å². The molecule has 18 heavy (non-hydrogen) atoms. The zero-order valence-electron chi connectivity index (χ0n) is 9.93. The maximum atomic E-state index is 11.3. The van der Waals surface area contributed by atoms with E-state index in [1.165, 1.54) is 24.3 Å². The maximum absolute atomic E-state index is 11.3. The number of sulfonamides is 1. The van der Waals surface area contributed by atoms with Gasteiger partial charge in [-0.15, -0.1) is 0 Å². The van der Waals surface area contributed by atoms with Crippen LogP contribution in [0.5, 0.6) is 0 Å². The highest BCUT2D eigenvalue weighted by Gasteiger charge is 2.15. The SMILES string of the molecule is Nc1cc(NCC2CCSC2)cc(S(N)(=O)=O)c1. The number of benzene rings is 1. The number of nitrogens with two attached hydrogens (primary N) is 2. The van der Waals surface area contributed by atoms with E-state index in [1.807, 2.05) is 11.8 Å². The number of anilines is 2. The molecule has 5 nitrogen and oxygen atoms in total. The fraction of sp³-hybridized carbons (Fsp3) is 0.455. The zero-order valence-corrected chi connectivity index (χ0v) is 11.6. The second-order valence-corrected chi connectivity index (χ2v) is 7.16. The minimum atomic E-state index is -3.71. The summed E-state index contributed by atoms with van der Waals surface area (Å²) in [5.74, 6) is 2.98. The van der Waals surface area contributed by atoms with Crippen molar-refractivity contribution in [2.24, 2.45) is 11.1 Å². The van der Waals surface area contributed by atoms with Crippen LogP contribution in [0, 0.1) is 5.92 Å². The van der Waals surface area contributed by atoms with Gasteiger partial charge in [0.15, 0.2) is 0 Å². The lowest BCUT2D eigenvalue weighted by Gasteiger charge is -2.12. The van der Waals surface area contributed by atoms with Crippen LogP contribution in [0.25, 0.3) is 0 Å². The van der Waals surface area contributed by atoms with E-state index in [1.54, 1.807) is 6.07 Å². The molecule has 1 fully saturated rings. The highest BCUT2D eigenvalue weighted by atomic mass is 32.2. The molecule has 1 saturated heterocycles. The van der Waals surface area contributed by atoms with Gasteiger partial charge in [0, 0.05) is 17.9 Å². The number of thioether (sulfide) groups is 1. The van der Waals surface area contributed by atoms with Gasteiger partial charge in [0.1, 0.15) is 0 Å². The van der Waals surface area contributed by atoms with Crippen molar-refractivity contribution < 1.29 is 8.42 Å². The van der Waals surface area contributed by atoms with Crippen LogP contribution in [0.3, 0.4) is 0 Å². The first-order valence-electron chi connectivity index (χ1n) is 5.70. The molecule has 0 spiro atoms. The molecule has 1 aromatic rings. The van der Waals surface area contributed by atoms with Crippen LogP contribution in [0.1, 0.15) is 6.42 Å². The van der Waals surface area contributed by atoms with Crippen LogP contribution < -0.4 is 16.2 Å². The molecule has 1 atom stereocenters. The van der Waals surface area contributed by atoms with Crippen LogP contribution in [-0.2, 0) is 10.0 Å². The van der Waals surface area contributed by atoms with Crippen LogP contribution in [-0.4, -0.2) is 26.5 Å². The topological polar surface area (TPSA) is 98.2 Å². The summed E-state index contributed by atoms with van der Waals surface area (Å²) in [6, 6.07) is 4.61. The van der Waals surface area contributed by atoms with E-state index in [0.717, 1.165) is 12.3 Å². The first-order valence-corrected chi connectivity index (χ1v) is 8.40. The first-order chi connectivity index (χ1) is 8.45. The zero-order chi connectivity index (χ0) is 13.2. The lowest BCUT2D eigenvalue weighted by atomic mass is 10.1. The predicted octanol–water partition coefficient (Wildman–Crippen LogP) is 1.08. The van der Waals surface area contributed by atoms with E-state index >= 15 is 0 Å². The molecule has 2 rings (SSSR count). The Labute approximate surface area is 111 Å². The lowest BCUT2D eigenvalue weighted by molar-refractivity contribution is 0.598. The molecule has 0 amide bonds. The van der Waals surface area contributed by atoms with Gasteiger partial charge in [0.2, 0.25) is 10.0 Å². The van der Waals surface area contributed by atoms with E-state index in [-0.39, 0.29) is 4.90 Å². The van der Waals surface area contributed by atoms with Crippen LogP contribution in [0.2, 0.25) is 0 Å². The molecule has 0 saturated carbocycles. The van der Waals surface area contributed by atoms with Crippen LogP contribution in [0.15, 0.2) is 23.1 Å². The first kappa shape index (κ1) is 13.5. The number of primary sulfonamides is 1. The van der Waals surface area contributed by atoms with E-state index in [9.17, 15) is 8.42 Å². The molecule has 1 aliphatic rings. The van der Waals surface area contributed by atoms with Crippen LogP contribution >= 0.6 is 11.8 Å². The van der Waals surface area contributed by atoms with Crippen molar-refractivity contribution in [3.8, 4) is 0 Å². The lowest BCUT2D eigenvalue weighted by Crippen LogP contribution is -2.15. The minimum absolute atomic E-state index is 0.0470. The van der Waals surface area contributed by atoms with Gasteiger partial charge in [-0.05, 0) is 42.0 Å². The Bertz CT molecular complexity index is 525. The Balaban J connectivity index is 2.10. The Hall–Kier alpha value is -0.920. The summed E-state index contributed by atoms with van der Waals surface area (Å²) < 4.78 is 22.6. The molecule has 7 heteroatoms. The summed E-state index contributed by atoms with van der Waals surface area (Å²) >= 11 is 1.95. The van der Waals surface area contributed by atoms with Crippen molar-refractivity contribution >= 4 is 33.2 Å². The maximum Gasteiger partial charge on any atom is 0.238 e. The molecule has 1 aromatic carbocycles. The van der Waals surface area contributed by atoms with Gasteiger partial charge < -0.3 is 11.1 Å². The van der Waals surface area contributed by atoms with Crippen molar-refractivity contribution in [2.75, 3.05) is 29.1 Å². The van der Waals surface area contributed by atoms with Gasteiger partial charge in [0.05, 0.1) is 4.90 Å². The highest BCUT2D eigenvalue weighted by Crippen LogP contribution is 2.25. The summed E-state index contributed by atoms with van der Waals surface area (Å²) in [4.78, 5) is 0.0470. The van der Waals surface area contributed by atoms with E-state index in [0.29, 0.717) is 17.3 Å². The molecule has 1 heterocycles. The van der Waals surface area contributed by atoms with Crippen molar-refractivity contribution in [2.45, 2.75) is 11.3 Å². The number of hydrogen-bond donors (Lipinski definition) is 3. The third-order valence-corrected chi connectivity index (χ3v) is 5.00. The van der Waals surface area contributed by atoms with Crippen molar-refractivity contribution in [1.82, 2.24) is 0 Å². The molecule has 5 N–H and O–H groups in total. The average molecular weight is 287 g/mol. The van der Waals surface area contributed by atoms with Crippen molar-refractivity contribution in [3.63, 3.8) is 0 Å². The summed E-state index contributed by atoms with van der Waals surface area (Å²) in [5.41, 5.74) is 6.77. The third kappa shape index (κ3) is 3.54. The van der Waals surface area contributed by atoms with Gasteiger partial charge in [-0.3, -0.25) is 0 Å². The monoisotopic (exact) mass is 287 g/mol. The molecule has 1 aliphatic heterocycles. The Morgan fingerprint density at radius 2 is 2.17 bits per heavy atom. The fourth-order valence-corrected chi connectivity index (χ4v) is 3.77. The number of nitrogens with one attached hydrogen (secondary N) is 1. The summed E-state index contributed by atoms with van der Waals surface area (Å²) in [7, 11) is -3.71. The second-order valence-electron chi connectivity index (χ2n) is 4.45. The van der Waals surface area contributed by atoms with Crippen molar-refractivity contribution in [1.29, 1.82) is 0 Å². The quantitative estimate of drug-likeness (QED) is 0.720. The average Bonchev–Trinajstić information content (AvgIpc) is 2.77. The highest BCUT2D eigenvalue weighted by molar-refractivity contribution is 7.99.